The summed E-state index contributed by atoms with van der Waals surface area (Å²) in [6.45, 7) is 0. The lowest BCUT2D eigenvalue weighted by Crippen LogP contribution is -2.41. The minimum Gasteiger partial charge on any atom is -0.495 e. The van der Waals surface area contributed by atoms with Crippen molar-refractivity contribution in [1.82, 2.24) is 14.9 Å². The van der Waals surface area contributed by atoms with E-state index in [0.29, 0.717) is 22.4 Å². The molecule has 0 bridgehead atoms. The Labute approximate surface area is 194 Å². The highest BCUT2D eigenvalue weighted by Gasteiger charge is 2.38. The van der Waals surface area contributed by atoms with Gasteiger partial charge in [-0.25, -0.2) is 9.07 Å². The first-order valence-electron chi connectivity index (χ1n) is 10.3. The van der Waals surface area contributed by atoms with Crippen LogP contribution in [0.15, 0.2) is 84.0 Å². The van der Waals surface area contributed by atoms with E-state index in [1.165, 1.54) is 23.9 Å². The Bertz CT molecular complexity index is 1280. The Morgan fingerprint density at radius 1 is 1.03 bits per heavy atom. The summed E-state index contributed by atoms with van der Waals surface area (Å²) >= 11 is 1.30. The number of halogens is 1. The number of benzene rings is 3. The highest BCUT2D eigenvalue weighted by Crippen LogP contribution is 2.39. The second-order valence-electron chi connectivity index (χ2n) is 7.39. The van der Waals surface area contributed by atoms with Crippen molar-refractivity contribution in [2.45, 2.75) is 16.4 Å². The number of nitrogens with one attached hydrogen (secondary N) is 2. The molecular weight excluding hydrogens is 441 g/mol. The van der Waals surface area contributed by atoms with E-state index < -0.39 is 11.3 Å². The third-order valence-electron chi connectivity index (χ3n) is 5.32. The Hall–Kier alpha value is -3.85. The number of amides is 1. The maximum absolute atomic E-state index is 13.6. The normalized spacial score (nSPS) is 17.0. The molecule has 7 nitrogen and oxygen atoms in total. The largest absolute Gasteiger partial charge is 0.495 e. The second-order valence-corrected chi connectivity index (χ2v) is 8.50. The molecule has 1 aliphatic heterocycles. The molecule has 0 unspecified atom stereocenters. The summed E-state index contributed by atoms with van der Waals surface area (Å²) < 4.78 is 20.8. The molecule has 0 aliphatic carbocycles. The van der Waals surface area contributed by atoms with Gasteiger partial charge in [0.2, 0.25) is 11.1 Å². The van der Waals surface area contributed by atoms with E-state index in [1.54, 1.807) is 36.1 Å². The van der Waals surface area contributed by atoms with Gasteiger partial charge in [0.1, 0.15) is 16.8 Å². The molecule has 4 aromatic rings. The molecule has 5 rings (SSSR count). The van der Waals surface area contributed by atoms with Crippen molar-refractivity contribution in [2.75, 3.05) is 17.9 Å². The van der Waals surface area contributed by atoms with Gasteiger partial charge in [-0.15, -0.1) is 10.2 Å². The van der Waals surface area contributed by atoms with Gasteiger partial charge in [0.25, 0.3) is 0 Å². The minimum atomic E-state index is -0.597. The molecule has 1 aliphatic rings. The molecule has 166 valence electrons. The number of ether oxygens (including phenoxy) is 1. The number of carbonyl (C=O) groups excluding carboxylic acids is 1. The lowest BCUT2D eigenvalue weighted by Gasteiger charge is -2.33. The van der Waals surface area contributed by atoms with Crippen molar-refractivity contribution >= 4 is 23.4 Å². The third kappa shape index (κ3) is 4.14. The van der Waals surface area contributed by atoms with Gasteiger partial charge >= 0.3 is 0 Å². The van der Waals surface area contributed by atoms with E-state index in [0.717, 1.165) is 11.1 Å². The molecule has 2 atom stereocenters. The fourth-order valence-corrected chi connectivity index (χ4v) is 4.78. The van der Waals surface area contributed by atoms with Crippen LogP contribution in [0.4, 0.5) is 10.1 Å². The van der Waals surface area contributed by atoms with Gasteiger partial charge in [-0.1, -0.05) is 66.4 Å². The summed E-state index contributed by atoms with van der Waals surface area (Å²) in [7, 11) is 1.55. The van der Waals surface area contributed by atoms with Crippen molar-refractivity contribution < 1.29 is 13.9 Å². The fourth-order valence-electron chi connectivity index (χ4n) is 3.70. The predicted molar refractivity (Wildman–Crippen MR) is 125 cm³/mol. The number of aromatic nitrogens is 3. The number of anilines is 1. The van der Waals surface area contributed by atoms with Gasteiger partial charge in [0, 0.05) is 5.56 Å². The molecule has 0 saturated carbocycles. The van der Waals surface area contributed by atoms with E-state index in [4.69, 9.17) is 4.74 Å². The van der Waals surface area contributed by atoms with Gasteiger partial charge in [-0.05, 0) is 29.8 Å². The van der Waals surface area contributed by atoms with E-state index in [1.807, 2.05) is 42.5 Å². The first-order chi connectivity index (χ1) is 16.1. The van der Waals surface area contributed by atoms with E-state index in [-0.39, 0.29) is 11.7 Å². The van der Waals surface area contributed by atoms with Crippen molar-refractivity contribution in [2.24, 2.45) is 0 Å². The monoisotopic (exact) mass is 461 g/mol. The molecule has 9 heteroatoms. The van der Waals surface area contributed by atoms with E-state index in [9.17, 15) is 9.18 Å². The SMILES string of the molecule is COc1ccccc1NC(=O)[C@H]1Sc2nnc(-c3ccccc3)n2N[C@H]1c1ccc(F)cc1. The number of carbonyl (C=O) groups is 1. The van der Waals surface area contributed by atoms with Crippen LogP contribution in [0.2, 0.25) is 0 Å². The van der Waals surface area contributed by atoms with Crippen LogP contribution in [0, 0.1) is 5.82 Å². The lowest BCUT2D eigenvalue weighted by molar-refractivity contribution is -0.116. The molecule has 33 heavy (non-hydrogen) atoms. The maximum atomic E-state index is 13.6. The summed E-state index contributed by atoms with van der Waals surface area (Å²) in [5.41, 5.74) is 5.61. The van der Waals surface area contributed by atoms with Crippen LogP contribution in [-0.2, 0) is 4.79 Å². The van der Waals surface area contributed by atoms with Gasteiger partial charge in [-0.3, -0.25) is 4.79 Å². The van der Waals surface area contributed by atoms with Crippen LogP contribution in [0.1, 0.15) is 11.6 Å². The van der Waals surface area contributed by atoms with Crippen LogP contribution < -0.4 is 15.5 Å². The maximum Gasteiger partial charge on any atom is 0.240 e. The fraction of sp³-hybridized carbons (Fsp3) is 0.125. The first kappa shape index (κ1) is 21.0. The molecule has 0 radical (unpaired) electrons. The van der Waals surface area contributed by atoms with Gasteiger partial charge in [0.05, 0.1) is 18.8 Å². The molecule has 2 N–H and O–H groups in total. The topological polar surface area (TPSA) is 81.1 Å². The van der Waals surface area contributed by atoms with Crippen molar-refractivity contribution in [3.8, 4) is 17.1 Å². The molecular formula is C24H20FN5O2S. The summed E-state index contributed by atoms with van der Waals surface area (Å²) in [5, 5.41) is 11.6. The Morgan fingerprint density at radius 3 is 2.52 bits per heavy atom. The number of nitrogens with zero attached hydrogens (tertiary/aromatic N) is 3. The highest BCUT2D eigenvalue weighted by atomic mass is 32.2. The molecule has 1 aromatic heterocycles. The molecule has 2 heterocycles. The zero-order chi connectivity index (χ0) is 22.8. The minimum absolute atomic E-state index is 0.234. The number of para-hydroxylation sites is 2. The van der Waals surface area contributed by atoms with Crippen LogP contribution in [-0.4, -0.2) is 33.1 Å². The van der Waals surface area contributed by atoms with Gasteiger partial charge in [0.15, 0.2) is 5.82 Å². The number of methoxy groups -OCH3 is 1. The lowest BCUT2D eigenvalue weighted by atomic mass is 10.0. The van der Waals surface area contributed by atoms with E-state index >= 15 is 0 Å². The standard InChI is InChI=1S/C24H20FN5O2S/c1-32-19-10-6-5-9-18(19)26-23(31)21-20(15-11-13-17(25)14-12-15)29-30-22(27-28-24(30)33-21)16-7-3-2-4-8-16/h2-14,20-21,29H,1H3,(H,26,31)/t20-,21-/m0/s1. The van der Waals surface area contributed by atoms with Gasteiger partial charge in [-0.2, -0.15) is 0 Å². The first-order valence-corrected chi connectivity index (χ1v) is 11.2. The molecule has 0 spiro atoms. The summed E-state index contributed by atoms with van der Waals surface area (Å²) in [6, 6.07) is 22.5. The highest BCUT2D eigenvalue weighted by molar-refractivity contribution is 8.00. The zero-order valence-corrected chi connectivity index (χ0v) is 18.4. The number of hydrogen-bond acceptors (Lipinski definition) is 6. The quantitative estimate of drug-likeness (QED) is 0.456. The summed E-state index contributed by atoms with van der Waals surface area (Å²) in [6.07, 6.45) is 0. The molecule has 3 aromatic carbocycles. The van der Waals surface area contributed by atoms with Crippen molar-refractivity contribution in [3.63, 3.8) is 0 Å². The van der Waals surface area contributed by atoms with Crippen molar-refractivity contribution in [1.29, 1.82) is 0 Å². The van der Waals surface area contributed by atoms with Gasteiger partial charge < -0.3 is 15.5 Å². The summed E-state index contributed by atoms with van der Waals surface area (Å²) in [5.74, 6) is 0.621. The second kappa shape index (κ2) is 8.95. The number of rotatable bonds is 5. The van der Waals surface area contributed by atoms with E-state index in [2.05, 4.69) is 20.9 Å². The number of thioether (sulfide) groups is 1. The van der Waals surface area contributed by atoms with Crippen LogP contribution >= 0.6 is 11.8 Å². The Kier molecular flexibility index (Phi) is 5.70. The summed E-state index contributed by atoms with van der Waals surface area (Å²) in [4.78, 5) is 13.4. The number of fused-ring (bicyclic) bond motifs is 1. The van der Waals surface area contributed by atoms with Crippen LogP contribution in [0.3, 0.4) is 0 Å². The zero-order valence-electron chi connectivity index (χ0n) is 17.6. The Balaban J connectivity index is 1.52. The third-order valence-corrected chi connectivity index (χ3v) is 6.54. The van der Waals surface area contributed by atoms with Crippen LogP contribution in [0.5, 0.6) is 5.75 Å². The molecule has 0 saturated heterocycles. The average molecular weight is 462 g/mol. The van der Waals surface area contributed by atoms with Crippen LogP contribution in [0.25, 0.3) is 11.4 Å². The van der Waals surface area contributed by atoms with Crippen molar-refractivity contribution in [3.05, 3.63) is 90.2 Å². The number of hydrogen-bond donors (Lipinski definition) is 2. The predicted octanol–water partition coefficient (Wildman–Crippen LogP) is 4.49. The average Bonchev–Trinajstić information content (AvgIpc) is 3.27. The smallest absolute Gasteiger partial charge is 0.240 e. The Morgan fingerprint density at radius 2 is 1.76 bits per heavy atom. The molecule has 0 fully saturated rings. The molecule has 1 amide bonds.